The fourth-order valence-corrected chi connectivity index (χ4v) is 4.73. The minimum atomic E-state index is -0.536. The van der Waals surface area contributed by atoms with Crippen LogP contribution in [0.5, 0.6) is 0 Å². The lowest BCUT2D eigenvalue weighted by Crippen LogP contribution is -2.38. The first-order valence-electron chi connectivity index (χ1n) is 16.6. The summed E-state index contributed by atoms with van der Waals surface area (Å²) in [5, 5.41) is 11.5. The van der Waals surface area contributed by atoms with E-state index in [-0.39, 0.29) is 37.3 Å². The molecule has 0 bridgehead atoms. The average molecular weight is 722 g/mol. The van der Waals surface area contributed by atoms with Gasteiger partial charge < -0.3 is 38.3 Å². The molecule has 50 heavy (non-hydrogen) atoms. The molecule has 278 valence electrons. The van der Waals surface area contributed by atoms with E-state index in [9.17, 15) is 14.7 Å². The largest absolute Gasteiger partial charge is 0.464 e. The van der Waals surface area contributed by atoms with Gasteiger partial charge in [0.05, 0.1) is 116 Å². The Morgan fingerprint density at radius 1 is 0.800 bits per heavy atom. The van der Waals surface area contributed by atoms with Gasteiger partial charge in [0.1, 0.15) is 11.4 Å². The van der Waals surface area contributed by atoms with E-state index in [2.05, 4.69) is 49.1 Å². The van der Waals surface area contributed by atoms with E-state index in [0.717, 1.165) is 12.2 Å². The van der Waals surface area contributed by atoms with E-state index >= 15 is 0 Å². The second-order valence-corrected chi connectivity index (χ2v) is 10.8. The highest BCUT2D eigenvalue weighted by molar-refractivity contribution is 7.78. The van der Waals surface area contributed by atoms with Gasteiger partial charge in [0.25, 0.3) is 0 Å². The first-order chi connectivity index (χ1) is 24.5. The summed E-state index contributed by atoms with van der Waals surface area (Å²) in [6.45, 7) is 9.14. The molecule has 2 heterocycles. The number of isothiocyanates is 1. The van der Waals surface area contributed by atoms with Crippen molar-refractivity contribution in [3.05, 3.63) is 59.2 Å². The number of aliphatic imine (C=N–C) groups is 1. The second-order valence-electron chi connectivity index (χ2n) is 10.6. The number of aliphatic hydroxyl groups excluding tert-OH is 1. The molecule has 0 spiro atoms. The van der Waals surface area contributed by atoms with Crippen LogP contribution in [0.2, 0.25) is 0 Å². The van der Waals surface area contributed by atoms with Crippen molar-refractivity contribution in [3.63, 3.8) is 0 Å². The SMILES string of the molecule is CCN(CCOCCOCCN(CCOCCO)C(COCCOCCN=C=S)c1cccc(C(=O)OC)n1)Cc1cccc(C(=O)OC)n1. The quantitative estimate of drug-likeness (QED) is 0.0562. The van der Waals surface area contributed by atoms with Crippen molar-refractivity contribution in [2.75, 3.05) is 120 Å². The molecule has 15 nitrogen and oxygen atoms in total. The highest BCUT2D eigenvalue weighted by atomic mass is 32.1. The molecule has 16 heteroatoms. The van der Waals surface area contributed by atoms with Crippen LogP contribution >= 0.6 is 12.2 Å². The van der Waals surface area contributed by atoms with Crippen molar-refractivity contribution in [2.45, 2.75) is 19.5 Å². The van der Waals surface area contributed by atoms with Crippen molar-refractivity contribution in [1.82, 2.24) is 19.8 Å². The zero-order valence-corrected chi connectivity index (χ0v) is 30.1. The van der Waals surface area contributed by atoms with Gasteiger partial charge in [0.15, 0.2) is 0 Å². The first kappa shape index (κ1) is 42.9. The standard InChI is InChI=1S/C34H51N5O10S/c1-4-38(25-28-7-5-9-30(36-28)33(41)43-2)12-17-47-21-22-48-19-14-39(13-18-46-20-15-40)32(26-49-24-23-45-16-11-35-27-50)29-8-6-10-31(37-29)34(42)44-3/h5-10,32,40H,4,11-26H2,1-3H3. The van der Waals surface area contributed by atoms with Crippen molar-refractivity contribution < 1.29 is 47.9 Å². The number of aliphatic hydroxyl groups is 1. The third kappa shape index (κ3) is 17.6. The van der Waals surface area contributed by atoms with Crippen molar-refractivity contribution in [2.24, 2.45) is 4.99 Å². The van der Waals surface area contributed by atoms with E-state index in [4.69, 9.17) is 33.2 Å². The molecule has 0 aliphatic rings. The Balaban J connectivity index is 1.91. The monoisotopic (exact) mass is 721 g/mol. The molecule has 0 aliphatic heterocycles. The molecular formula is C34H51N5O10S. The minimum Gasteiger partial charge on any atom is -0.464 e. The molecule has 1 unspecified atom stereocenters. The molecule has 0 radical (unpaired) electrons. The zero-order valence-electron chi connectivity index (χ0n) is 29.3. The Labute approximate surface area is 299 Å². The summed E-state index contributed by atoms with van der Waals surface area (Å²) >= 11 is 4.57. The summed E-state index contributed by atoms with van der Waals surface area (Å²) < 4.78 is 38.5. The van der Waals surface area contributed by atoms with Gasteiger partial charge >= 0.3 is 11.9 Å². The van der Waals surface area contributed by atoms with Crippen LogP contribution in [0, 0.1) is 0 Å². The van der Waals surface area contributed by atoms with Gasteiger partial charge in [-0.2, -0.15) is 0 Å². The predicted molar refractivity (Wildman–Crippen MR) is 187 cm³/mol. The number of hydrogen-bond acceptors (Lipinski definition) is 16. The maximum atomic E-state index is 12.2. The molecule has 0 fully saturated rings. The van der Waals surface area contributed by atoms with Crippen LogP contribution in [0.25, 0.3) is 0 Å². The molecule has 2 rings (SSSR count). The summed E-state index contributed by atoms with van der Waals surface area (Å²) in [5.41, 5.74) is 1.88. The summed E-state index contributed by atoms with van der Waals surface area (Å²) in [6.07, 6.45) is 0. The molecule has 0 saturated carbocycles. The van der Waals surface area contributed by atoms with Crippen LogP contribution in [0.4, 0.5) is 0 Å². The van der Waals surface area contributed by atoms with E-state index in [1.54, 1.807) is 24.3 Å². The van der Waals surface area contributed by atoms with Gasteiger partial charge in [-0.25, -0.2) is 24.5 Å². The van der Waals surface area contributed by atoms with E-state index in [1.165, 1.54) is 14.2 Å². The Kier molecular flexibility index (Phi) is 23.5. The summed E-state index contributed by atoms with van der Waals surface area (Å²) in [5.74, 6) is -0.998. The Hall–Kier alpha value is -3.28. The van der Waals surface area contributed by atoms with Gasteiger partial charge in [-0.1, -0.05) is 19.1 Å². The number of thiocarbonyl (C=S) groups is 1. The maximum absolute atomic E-state index is 12.2. The lowest BCUT2D eigenvalue weighted by molar-refractivity contribution is -0.00890. The number of aromatic nitrogens is 2. The van der Waals surface area contributed by atoms with Gasteiger partial charge in [-0.15, -0.1) is 0 Å². The third-order valence-corrected chi connectivity index (χ3v) is 7.38. The topological polar surface area (TPSA) is 164 Å². The number of rotatable bonds is 29. The van der Waals surface area contributed by atoms with Gasteiger partial charge in [0, 0.05) is 26.2 Å². The van der Waals surface area contributed by atoms with Gasteiger partial charge in [-0.3, -0.25) is 9.80 Å². The summed E-state index contributed by atoms with van der Waals surface area (Å²) in [4.78, 5) is 41.1. The van der Waals surface area contributed by atoms with E-state index in [1.807, 2.05) is 12.1 Å². The number of carbonyl (C=O) groups is 2. The number of likely N-dealkylation sites (N-methyl/N-ethyl adjacent to an activating group) is 1. The molecule has 1 N–H and O–H groups in total. The smallest absolute Gasteiger partial charge is 0.356 e. The molecular weight excluding hydrogens is 670 g/mol. The van der Waals surface area contributed by atoms with Crippen LogP contribution in [0.3, 0.4) is 0 Å². The molecule has 0 amide bonds. The molecule has 1 atom stereocenters. The van der Waals surface area contributed by atoms with E-state index < -0.39 is 11.9 Å². The number of nitrogens with zero attached hydrogens (tertiary/aromatic N) is 5. The highest BCUT2D eigenvalue weighted by Gasteiger charge is 2.23. The number of esters is 2. The van der Waals surface area contributed by atoms with Crippen LogP contribution in [-0.4, -0.2) is 162 Å². The predicted octanol–water partition coefficient (Wildman–Crippen LogP) is 2.09. The number of ether oxygens (including phenoxy) is 7. The fourth-order valence-electron chi connectivity index (χ4n) is 4.64. The number of methoxy groups -OCH3 is 2. The lowest BCUT2D eigenvalue weighted by Gasteiger charge is -2.31. The number of pyridine rings is 2. The van der Waals surface area contributed by atoms with Crippen molar-refractivity contribution in [1.29, 1.82) is 0 Å². The van der Waals surface area contributed by atoms with Gasteiger partial charge in [0.2, 0.25) is 0 Å². The average Bonchev–Trinajstić information content (AvgIpc) is 3.15. The Morgan fingerprint density at radius 3 is 2.00 bits per heavy atom. The molecule has 2 aromatic heterocycles. The molecule has 2 aromatic rings. The summed E-state index contributed by atoms with van der Waals surface area (Å²) in [6, 6.07) is 10.1. The van der Waals surface area contributed by atoms with Gasteiger partial charge in [-0.05, 0) is 43.0 Å². The Bertz CT molecular complexity index is 1290. The first-order valence-corrected chi connectivity index (χ1v) is 17.0. The lowest BCUT2D eigenvalue weighted by atomic mass is 10.1. The van der Waals surface area contributed by atoms with Crippen molar-refractivity contribution in [3.8, 4) is 0 Å². The Morgan fingerprint density at radius 2 is 1.38 bits per heavy atom. The number of carbonyl (C=O) groups excluding carboxylic acids is 2. The van der Waals surface area contributed by atoms with Crippen molar-refractivity contribution >= 4 is 29.3 Å². The summed E-state index contributed by atoms with van der Waals surface area (Å²) in [7, 11) is 2.65. The fraction of sp³-hybridized carbons (Fsp3) is 0.618. The van der Waals surface area contributed by atoms with Crippen LogP contribution in [0.15, 0.2) is 41.4 Å². The van der Waals surface area contributed by atoms with E-state index in [0.29, 0.717) is 91.3 Å². The van der Waals surface area contributed by atoms with Crippen LogP contribution in [0.1, 0.15) is 45.3 Å². The molecule has 0 saturated heterocycles. The minimum absolute atomic E-state index is 0.0797. The second kappa shape index (κ2) is 27.4. The number of hydrogen-bond donors (Lipinski definition) is 1. The highest BCUT2D eigenvalue weighted by Crippen LogP contribution is 2.20. The normalized spacial score (nSPS) is 11.8. The zero-order chi connectivity index (χ0) is 36.2. The third-order valence-electron chi connectivity index (χ3n) is 7.25. The molecule has 0 aliphatic carbocycles. The maximum Gasteiger partial charge on any atom is 0.356 e. The van der Waals surface area contributed by atoms with Crippen LogP contribution < -0.4 is 0 Å². The van der Waals surface area contributed by atoms with Crippen LogP contribution in [-0.2, 0) is 39.7 Å². The molecule has 0 aromatic carbocycles.